The van der Waals surface area contributed by atoms with Gasteiger partial charge in [0, 0.05) is 17.9 Å². The minimum absolute atomic E-state index is 0.212. The van der Waals surface area contributed by atoms with E-state index in [1.807, 2.05) is 43.0 Å². The Kier molecular flexibility index (Phi) is 3.51. The Balaban J connectivity index is 2.49. The maximum absolute atomic E-state index is 13.9. The van der Waals surface area contributed by atoms with Gasteiger partial charge >= 0.3 is 0 Å². The number of halogens is 1. The topological polar surface area (TPSA) is 29.3 Å². The first-order chi connectivity index (χ1) is 8.63. The van der Waals surface area contributed by atoms with E-state index in [0.717, 1.165) is 16.9 Å². The van der Waals surface area contributed by atoms with Gasteiger partial charge in [-0.25, -0.2) is 4.39 Å². The SMILES string of the molecule is CCN(c1ccc(N)cc1C)c1ccccc1F. The van der Waals surface area contributed by atoms with Crippen LogP contribution in [0.25, 0.3) is 0 Å². The number of hydrogen-bond donors (Lipinski definition) is 1. The Morgan fingerprint density at radius 2 is 1.83 bits per heavy atom. The summed E-state index contributed by atoms with van der Waals surface area (Å²) >= 11 is 0. The van der Waals surface area contributed by atoms with E-state index in [4.69, 9.17) is 5.73 Å². The number of nitrogen functional groups attached to an aromatic ring is 1. The van der Waals surface area contributed by atoms with Crippen molar-refractivity contribution in [2.24, 2.45) is 0 Å². The summed E-state index contributed by atoms with van der Waals surface area (Å²) in [6.45, 7) is 4.68. The normalized spacial score (nSPS) is 10.4. The fourth-order valence-electron chi connectivity index (χ4n) is 2.12. The molecule has 3 heteroatoms. The van der Waals surface area contributed by atoms with E-state index >= 15 is 0 Å². The first-order valence-corrected chi connectivity index (χ1v) is 6.01. The Bertz CT molecular complexity index is 552. The highest BCUT2D eigenvalue weighted by Crippen LogP contribution is 2.30. The smallest absolute Gasteiger partial charge is 0.146 e. The molecule has 2 N–H and O–H groups in total. The summed E-state index contributed by atoms with van der Waals surface area (Å²) in [5, 5.41) is 0. The Labute approximate surface area is 107 Å². The van der Waals surface area contributed by atoms with E-state index in [0.29, 0.717) is 12.2 Å². The molecule has 0 saturated carbocycles. The molecule has 0 bridgehead atoms. The minimum atomic E-state index is -0.212. The summed E-state index contributed by atoms with van der Waals surface area (Å²) in [6.07, 6.45) is 0. The number of nitrogens with two attached hydrogens (primary N) is 1. The number of rotatable bonds is 3. The summed E-state index contributed by atoms with van der Waals surface area (Å²) in [7, 11) is 0. The third-order valence-corrected chi connectivity index (χ3v) is 2.97. The second-order valence-corrected chi connectivity index (χ2v) is 4.24. The highest BCUT2D eigenvalue weighted by Gasteiger charge is 2.13. The van der Waals surface area contributed by atoms with Crippen molar-refractivity contribution in [2.75, 3.05) is 17.2 Å². The molecule has 0 saturated heterocycles. The van der Waals surface area contributed by atoms with Gasteiger partial charge in [0.15, 0.2) is 0 Å². The lowest BCUT2D eigenvalue weighted by Crippen LogP contribution is -2.18. The zero-order valence-electron chi connectivity index (χ0n) is 10.7. The van der Waals surface area contributed by atoms with Crippen molar-refractivity contribution < 1.29 is 4.39 Å². The second kappa shape index (κ2) is 5.08. The maximum Gasteiger partial charge on any atom is 0.146 e. The summed E-state index contributed by atoms with van der Waals surface area (Å²) < 4.78 is 13.9. The molecule has 0 aromatic heterocycles. The fourth-order valence-corrected chi connectivity index (χ4v) is 2.12. The molecule has 2 aromatic rings. The molecule has 0 aliphatic carbocycles. The predicted octanol–water partition coefficient (Wildman–Crippen LogP) is 3.87. The van der Waals surface area contributed by atoms with Crippen LogP contribution in [0.2, 0.25) is 0 Å². The quantitative estimate of drug-likeness (QED) is 0.830. The molecule has 2 aromatic carbocycles. The van der Waals surface area contributed by atoms with Crippen molar-refractivity contribution in [3.05, 3.63) is 53.8 Å². The Morgan fingerprint density at radius 3 is 2.44 bits per heavy atom. The van der Waals surface area contributed by atoms with Crippen molar-refractivity contribution in [3.8, 4) is 0 Å². The van der Waals surface area contributed by atoms with E-state index in [-0.39, 0.29) is 5.82 Å². The summed E-state index contributed by atoms with van der Waals surface area (Å²) in [6, 6.07) is 12.5. The van der Waals surface area contributed by atoms with Gasteiger partial charge < -0.3 is 10.6 Å². The molecule has 0 aliphatic rings. The average Bonchev–Trinajstić information content (AvgIpc) is 2.34. The van der Waals surface area contributed by atoms with E-state index in [1.54, 1.807) is 12.1 Å². The predicted molar refractivity (Wildman–Crippen MR) is 74.7 cm³/mol. The van der Waals surface area contributed by atoms with Gasteiger partial charge in [0.2, 0.25) is 0 Å². The molecular weight excluding hydrogens is 227 g/mol. The maximum atomic E-state index is 13.9. The lowest BCUT2D eigenvalue weighted by Gasteiger charge is -2.25. The van der Waals surface area contributed by atoms with Gasteiger partial charge in [-0.3, -0.25) is 0 Å². The second-order valence-electron chi connectivity index (χ2n) is 4.24. The molecule has 0 spiro atoms. The lowest BCUT2D eigenvalue weighted by atomic mass is 10.1. The van der Waals surface area contributed by atoms with Crippen molar-refractivity contribution in [3.63, 3.8) is 0 Å². The molecular formula is C15H17FN2. The number of hydrogen-bond acceptors (Lipinski definition) is 2. The van der Waals surface area contributed by atoms with Gasteiger partial charge in [-0.05, 0) is 49.7 Å². The molecule has 0 amide bonds. The third kappa shape index (κ3) is 2.30. The van der Waals surface area contributed by atoms with Crippen LogP contribution in [-0.2, 0) is 0 Å². The summed E-state index contributed by atoms with van der Waals surface area (Å²) in [5.41, 5.74) is 9.08. The van der Waals surface area contributed by atoms with E-state index in [1.165, 1.54) is 6.07 Å². The fraction of sp³-hybridized carbons (Fsp3) is 0.200. The van der Waals surface area contributed by atoms with Crippen LogP contribution in [0.3, 0.4) is 0 Å². The van der Waals surface area contributed by atoms with Crippen LogP contribution in [0.4, 0.5) is 21.5 Å². The summed E-state index contributed by atoms with van der Waals surface area (Å²) in [4.78, 5) is 1.95. The van der Waals surface area contributed by atoms with Crippen LogP contribution in [0.15, 0.2) is 42.5 Å². The number of nitrogens with zero attached hydrogens (tertiary/aromatic N) is 1. The van der Waals surface area contributed by atoms with Crippen LogP contribution in [0.1, 0.15) is 12.5 Å². The van der Waals surface area contributed by atoms with Crippen LogP contribution >= 0.6 is 0 Å². The number of aryl methyl sites for hydroxylation is 1. The zero-order chi connectivity index (χ0) is 13.1. The standard InChI is InChI=1S/C15H17FN2/c1-3-18(15-7-5-4-6-13(15)16)14-9-8-12(17)10-11(14)2/h4-10H,3,17H2,1-2H3. The highest BCUT2D eigenvalue weighted by atomic mass is 19.1. The van der Waals surface area contributed by atoms with Gasteiger partial charge in [-0.2, -0.15) is 0 Å². The number of para-hydroxylation sites is 1. The first-order valence-electron chi connectivity index (χ1n) is 6.01. The van der Waals surface area contributed by atoms with Gasteiger partial charge in [0.1, 0.15) is 5.82 Å². The molecule has 0 radical (unpaired) electrons. The molecule has 2 rings (SSSR count). The molecule has 18 heavy (non-hydrogen) atoms. The molecule has 2 nitrogen and oxygen atoms in total. The average molecular weight is 244 g/mol. The molecule has 0 aliphatic heterocycles. The van der Waals surface area contributed by atoms with Gasteiger partial charge in [0.25, 0.3) is 0 Å². The van der Waals surface area contributed by atoms with E-state index in [2.05, 4.69) is 0 Å². The molecule has 0 unspecified atom stereocenters. The molecule has 0 fully saturated rings. The van der Waals surface area contributed by atoms with Crippen LogP contribution < -0.4 is 10.6 Å². The minimum Gasteiger partial charge on any atom is -0.399 e. The monoisotopic (exact) mass is 244 g/mol. The Hall–Kier alpha value is -2.03. The van der Waals surface area contributed by atoms with Crippen molar-refractivity contribution in [1.82, 2.24) is 0 Å². The molecule has 0 atom stereocenters. The van der Waals surface area contributed by atoms with Crippen LogP contribution in [0, 0.1) is 12.7 Å². The highest BCUT2D eigenvalue weighted by molar-refractivity contribution is 5.68. The van der Waals surface area contributed by atoms with Gasteiger partial charge in [-0.1, -0.05) is 12.1 Å². The number of anilines is 3. The molecule has 0 heterocycles. The lowest BCUT2D eigenvalue weighted by molar-refractivity contribution is 0.625. The molecule has 94 valence electrons. The third-order valence-electron chi connectivity index (χ3n) is 2.97. The van der Waals surface area contributed by atoms with E-state index in [9.17, 15) is 4.39 Å². The Morgan fingerprint density at radius 1 is 1.11 bits per heavy atom. The van der Waals surface area contributed by atoms with Crippen LogP contribution in [0.5, 0.6) is 0 Å². The van der Waals surface area contributed by atoms with Gasteiger partial charge in [-0.15, -0.1) is 0 Å². The summed E-state index contributed by atoms with van der Waals surface area (Å²) in [5.74, 6) is -0.212. The largest absolute Gasteiger partial charge is 0.399 e. The zero-order valence-corrected chi connectivity index (χ0v) is 10.7. The van der Waals surface area contributed by atoms with Crippen molar-refractivity contribution >= 4 is 17.1 Å². The first kappa shape index (κ1) is 12.4. The van der Waals surface area contributed by atoms with Gasteiger partial charge in [0.05, 0.1) is 5.69 Å². The van der Waals surface area contributed by atoms with E-state index < -0.39 is 0 Å². The number of benzene rings is 2. The van der Waals surface area contributed by atoms with Crippen molar-refractivity contribution in [1.29, 1.82) is 0 Å². The van der Waals surface area contributed by atoms with Crippen LogP contribution in [-0.4, -0.2) is 6.54 Å². The van der Waals surface area contributed by atoms with Crippen molar-refractivity contribution in [2.45, 2.75) is 13.8 Å².